The zero-order chi connectivity index (χ0) is 26.6. The molecule has 2 bridgehead atoms. The molecule has 0 spiro atoms. The van der Waals surface area contributed by atoms with Gasteiger partial charge < -0.3 is 24.6 Å². The minimum absolute atomic E-state index is 0.0588. The van der Waals surface area contributed by atoms with Gasteiger partial charge in [-0.2, -0.15) is 0 Å². The Kier molecular flexibility index (Phi) is 6.17. The van der Waals surface area contributed by atoms with Gasteiger partial charge in [0, 0.05) is 13.1 Å². The van der Waals surface area contributed by atoms with E-state index in [1.54, 1.807) is 12.1 Å². The average molecular weight is 541 g/mol. The normalized spacial score (nSPS) is 21.1. The highest BCUT2D eigenvalue weighted by molar-refractivity contribution is 6.32. The van der Waals surface area contributed by atoms with Crippen molar-refractivity contribution in [1.82, 2.24) is 19.9 Å². The zero-order valence-electron chi connectivity index (χ0n) is 21.6. The van der Waals surface area contributed by atoms with E-state index >= 15 is 4.39 Å². The third-order valence-corrected chi connectivity index (χ3v) is 7.63. The van der Waals surface area contributed by atoms with E-state index in [2.05, 4.69) is 20.2 Å². The second-order valence-electron chi connectivity index (χ2n) is 11.1. The van der Waals surface area contributed by atoms with E-state index < -0.39 is 11.4 Å². The summed E-state index contributed by atoms with van der Waals surface area (Å²) in [5.74, 6) is 0.871. The lowest BCUT2D eigenvalue weighted by atomic mass is 9.96. The van der Waals surface area contributed by atoms with E-state index in [0.29, 0.717) is 35.7 Å². The maximum absolute atomic E-state index is 15.2. The highest BCUT2D eigenvalue weighted by Crippen LogP contribution is 2.38. The number of piperazine rings is 1. The van der Waals surface area contributed by atoms with Gasteiger partial charge in [-0.05, 0) is 70.7 Å². The summed E-state index contributed by atoms with van der Waals surface area (Å²) >= 11 is 6.29. The molecule has 2 aromatic heterocycles. The minimum atomic E-state index is -0.606. The molecule has 1 amide bonds. The van der Waals surface area contributed by atoms with Gasteiger partial charge in [0.1, 0.15) is 34.0 Å². The van der Waals surface area contributed by atoms with Crippen LogP contribution in [-0.2, 0) is 4.74 Å². The molecule has 2 aliphatic heterocycles. The van der Waals surface area contributed by atoms with Crippen molar-refractivity contribution in [2.45, 2.75) is 70.2 Å². The lowest BCUT2D eigenvalue weighted by Crippen LogP contribution is -2.50. The van der Waals surface area contributed by atoms with Crippen LogP contribution < -0.4 is 15.0 Å². The summed E-state index contributed by atoms with van der Waals surface area (Å²) in [6, 6.07) is 7.26. The minimum Gasteiger partial charge on any atom is -0.489 e. The Balaban J connectivity index is 1.22. The van der Waals surface area contributed by atoms with Gasteiger partial charge in [-0.1, -0.05) is 11.6 Å². The van der Waals surface area contributed by atoms with Crippen LogP contribution in [0.15, 0.2) is 30.6 Å². The first kappa shape index (κ1) is 24.9. The third-order valence-electron chi connectivity index (χ3n) is 7.28. The predicted molar refractivity (Wildman–Crippen MR) is 143 cm³/mol. The van der Waals surface area contributed by atoms with E-state index in [4.69, 9.17) is 26.1 Å². The highest BCUT2D eigenvalue weighted by atomic mass is 35.5. The van der Waals surface area contributed by atoms with Gasteiger partial charge in [0.05, 0.1) is 29.4 Å². The Morgan fingerprint density at radius 3 is 2.63 bits per heavy atom. The van der Waals surface area contributed by atoms with Crippen LogP contribution in [0, 0.1) is 5.82 Å². The molecule has 6 rings (SSSR count). The molecule has 38 heavy (non-hydrogen) atoms. The standard InChI is InChI=1S/C27H30ClFN6O3/c1-27(2,3)38-26(36)35-13-15-11-16(35)12-34(15)21-10-8-19-24(33-21)25(31-14-30-19)32-18-7-9-20(22(28)23(18)29)37-17-5-4-6-17/h7-10,14-17H,4-6,11-13H2,1-3H3,(H,30,31,32)/t15-,16-/m0/s1. The molecule has 1 aliphatic carbocycles. The number of benzene rings is 1. The molecular formula is C27H30ClFN6O3. The van der Waals surface area contributed by atoms with Crippen LogP contribution in [0.25, 0.3) is 11.0 Å². The molecule has 2 saturated heterocycles. The van der Waals surface area contributed by atoms with Crippen LogP contribution in [0.1, 0.15) is 46.5 Å². The number of pyridine rings is 1. The summed E-state index contributed by atoms with van der Waals surface area (Å²) in [5, 5.41) is 2.98. The lowest BCUT2D eigenvalue weighted by molar-refractivity contribution is 0.0214. The molecule has 0 radical (unpaired) electrons. The predicted octanol–water partition coefficient (Wildman–Crippen LogP) is 5.69. The van der Waals surface area contributed by atoms with Gasteiger partial charge in [-0.15, -0.1) is 0 Å². The summed E-state index contributed by atoms with van der Waals surface area (Å²) in [6.07, 6.45) is 5.11. The number of likely N-dealkylation sites (tertiary alicyclic amines) is 1. The molecule has 0 unspecified atom stereocenters. The number of aromatic nitrogens is 3. The number of halogens is 2. The van der Waals surface area contributed by atoms with E-state index in [9.17, 15) is 4.79 Å². The molecule has 11 heteroatoms. The fraction of sp³-hybridized carbons (Fsp3) is 0.481. The van der Waals surface area contributed by atoms with E-state index in [-0.39, 0.29) is 35.0 Å². The maximum atomic E-state index is 15.2. The molecule has 1 saturated carbocycles. The zero-order valence-corrected chi connectivity index (χ0v) is 22.3. The largest absolute Gasteiger partial charge is 0.489 e. The molecular weight excluding hydrogens is 511 g/mol. The van der Waals surface area contributed by atoms with Crippen molar-refractivity contribution >= 4 is 46.1 Å². The number of carbonyl (C=O) groups excluding carboxylic acids is 1. The van der Waals surface area contributed by atoms with Crippen molar-refractivity contribution in [3.05, 3.63) is 41.4 Å². The number of hydrogen-bond donors (Lipinski definition) is 1. The lowest BCUT2D eigenvalue weighted by Gasteiger charge is -2.35. The molecule has 1 N–H and O–H groups in total. The molecule has 200 valence electrons. The SMILES string of the molecule is CC(C)(C)OC(=O)N1C[C@@H]2C[C@H]1CN2c1ccc2ncnc(Nc3ccc(OC4CCC4)c(Cl)c3F)c2n1. The molecule has 3 aromatic rings. The Bertz CT molecular complexity index is 1400. The van der Waals surface area contributed by atoms with Gasteiger partial charge in [0.15, 0.2) is 11.6 Å². The van der Waals surface area contributed by atoms with Crippen molar-refractivity contribution < 1.29 is 18.7 Å². The molecule has 9 nitrogen and oxygen atoms in total. The fourth-order valence-corrected chi connectivity index (χ4v) is 5.40. The van der Waals surface area contributed by atoms with Crippen LogP contribution >= 0.6 is 11.6 Å². The second kappa shape index (κ2) is 9.41. The first-order chi connectivity index (χ1) is 18.2. The molecule has 3 fully saturated rings. The van der Waals surface area contributed by atoms with Crippen LogP contribution in [0.4, 0.5) is 26.5 Å². The van der Waals surface area contributed by atoms with Crippen molar-refractivity contribution in [2.24, 2.45) is 0 Å². The Morgan fingerprint density at radius 2 is 1.95 bits per heavy atom. The number of amides is 1. The number of ether oxygens (including phenoxy) is 2. The Morgan fingerprint density at radius 1 is 1.13 bits per heavy atom. The highest BCUT2D eigenvalue weighted by Gasteiger charge is 2.47. The molecule has 3 aliphatic rings. The average Bonchev–Trinajstić information content (AvgIpc) is 3.46. The Labute approximate surface area is 225 Å². The number of rotatable bonds is 5. The van der Waals surface area contributed by atoms with Gasteiger partial charge in [-0.3, -0.25) is 0 Å². The Hall–Kier alpha value is -3.40. The monoisotopic (exact) mass is 540 g/mol. The molecule has 4 heterocycles. The second-order valence-corrected chi connectivity index (χ2v) is 11.5. The van der Waals surface area contributed by atoms with E-state index in [1.165, 1.54) is 6.33 Å². The summed E-state index contributed by atoms with van der Waals surface area (Å²) < 4.78 is 26.5. The molecule has 2 atom stereocenters. The molecule has 1 aromatic carbocycles. The first-order valence-electron chi connectivity index (χ1n) is 13.0. The number of nitrogens with one attached hydrogen (secondary N) is 1. The third kappa shape index (κ3) is 4.66. The van der Waals surface area contributed by atoms with Crippen molar-refractivity contribution in [1.29, 1.82) is 0 Å². The van der Waals surface area contributed by atoms with Gasteiger partial charge in [0.2, 0.25) is 0 Å². The van der Waals surface area contributed by atoms with E-state index in [0.717, 1.165) is 31.5 Å². The number of carbonyl (C=O) groups is 1. The fourth-order valence-electron chi connectivity index (χ4n) is 5.19. The quantitative estimate of drug-likeness (QED) is 0.441. The van der Waals surface area contributed by atoms with Crippen molar-refractivity contribution in [3.63, 3.8) is 0 Å². The van der Waals surface area contributed by atoms with Crippen molar-refractivity contribution in [2.75, 3.05) is 23.3 Å². The van der Waals surface area contributed by atoms with Crippen LogP contribution in [0.5, 0.6) is 5.75 Å². The van der Waals surface area contributed by atoms with Gasteiger partial charge in [0.25, 0.3) is 0 Å². The topological polar surface area (TPSA) is 92.7 Å². The van der Waals surface area contributed by atoms with Gasteiger partial charge in [-0.25, -0.2) is 24.1 Å². The number of fused-ring (bicyclic) bond motifs is 3. The van der Waals surface area contributed by atoms with Crippen LogP contribution in [0.2, 0.25) is 5.02 Å². The maximum Gasteiger partial charge on any atom is 0.410 e. The smallest absolute Gasteiger partial charge is 0.410 e. The number of hydrogen-bond acceptors (Lipinski definition) is 8. The summed E-state index contributed by atoms with van der Waals surface area (Å²) in [5.41, 5.74) is 0.788. The number of anilines is 3. The van der Waals surface area contributed by atoms with Crippen LogP contribution in [-0.4, -0.2) is 62.8 Å². The van der Waals surface area contributed by atoms with Crippen molar-refractivity contribution in [3.8, 4) is 5.75 Å². The first-order valence-corrected chi connectivity index (χ1v) is 13.3. The summed E-state index contributed by atoms with van der Waals surface area (Å²) in [7, 11) is 0. The van der Waals surface area contributed by atoms with E-state index in [1.807, 2.05) is 37.8 Å². The summed E-state index contributed by atoms with van der Waals surface area (Å²) in [6.45, 7) is 6.85. The number of nitrogens with zero attached hydrogens (tertiary/aromatic N) is 5. The van der Waals surface area contributed by atoms with Gasteiger partial charge >= 0.3 is 6.09 Å². The van der Waals surface area contributed by atoms with Crippen LogP contribution in [0.3, 0.4) is 0 Å². The summed E-state index contributed by atoms with van der Waals surface area (Å²) in [4.78, 5) is 30.2.